The fraction of sp³-hybridized carbons (Fsp3) is 0.533. The average Bonchev–Trinajstić information content (AvgIpc) is 2.42. The summed E-state index contributed by atoms with van der Waals surface area (Å²) in [5, 5.41) is 0. The monoisotopic (exact) mass is 363 g/mol. The molecule has 1 unspecified atom stereocenters. The second-order valence-corrected chi connectivity index (χ2v) is 6.34. The number of benzene rings is 1. The number of carbonyl (C=O) groups is 1. The highest BCUT2D eigenvalue weighted by atomic mass is 79.9. The SMILES string of the molecule is Cc1cc(CC(=O)N2CCCC(C(F)(F)F)C2)ccc1Br. The van der Waals surface area contributed by atoms with Gasteiger partial charge in [-0.25, -0.2) is 0 Å². The summed E-state index contributed by atoms with van der Waals surface area (Å²) in [5.41, 5.74) is 1.84. The van der Waals surface area contributed by atoms with Crippen molar-refractivity contribution in [1.29, 1.82) is 0 Å². The molecule has 1 heterocycles. The first-order chi connectivity index (χ1) is 9.77. The highest BCUT2D eigenvalue weighted by molar-refractivity contribution is 9.10. The number of rotatable bonds is 2. The van der Waals surface area contributed by atoms with Gasteiger partial charge in [-0.05, 0) is 37.0 Å². The Hall–Kier alpha value is -1.04. The van der Waals surface area contributed by atoms with E-state index in [1.54, 1.807) is 0 Å². The highest BCUT2D eigenvalue weighted by Gasteiger charge is 2.42. The van der Waals surface area contributed by atoms with Crippen molar-refractivity contribution in [3.8, 4) is 0 Å². The van der Waals surface area contributed by atoms with Gasteiger partial charge in [-0.1, -0.05) is 28.1 Å². The lowest BCUT2D eigenvalue weighted by atomic mass is 9.97. The van der Waals surface area contributed by atoms with Crippen LogP contribution in [0.4, 0.5) is 13.2 Å². The fourth-order valence-electron chi connectivity index (χ4n) is 2.57. The standard InChI is InChI=1S/C15H17BrF3NO/c1-10-7-11(4-5-13(10)16)8-14(21)20-6-2-3-12(9-20)15(17,18)19/h4-5,7,12H,2-3,6,8-9H2,1H3. The van der Waals surface area contributed by atoms with E-state index >= 15 is 0 Å². The van der Waals surface area contributed by atoms with E-state index in [0.29, 0.717) is 13.0 Å². The lowest BCUT2D eigenvalue weighted by Crippen LogP contribution is -2.45. The second-order valence-electron chi connectivity index (χ2n) is 5.48. The molecule has 21 heavy (non-hydrogen) atoms. The molecular formula is C15H17BrF3NO. The van der Waals surface area contributed by atoms with Crippen molar-refractivity contribution < 1.29 is 18.0 Å². The minimum absolute atomic E-state index is 0.116. The summed E-state index contributed by atoms with van der Waals surface area (Å²) >= 11 is 3.38. The first kappa shape index (κ1) is 16.3. The van der Waals surface area contributed by atoms with Crippen molar-refractivity contribution in [3.05, 3.63) is 33.8 Å². The smallest absolute Gasteiger partial charge is 0.342 e. The molecule has 0 spiro atoms. The maximum atomic E-state index is 12.8. The molecule has 0 bridgehead atoms. The van der Waals surface area contributed by atoms with E-state index in [1.807, 2.05) is 25.1 Å². The molecule has 1 aromatic rings. The van der Waals surface area contributed by atoms with E-state index < -0.39 is 12.1 Å². The minimum Gasteiger partial charge on any atom is -0.342 e. The van der Waals surface area contributed by atoms with E-state index in [0.717, 1.165) is 15.6 Å². The molecule has 1 fully saturated rings. The Kier molecular flexibility index (Phi) is 4.96. The molecule has 0 aliphatic carbocycles. The summed E-state index contributed by atoms with van der Waals surface area (Å²) in [6.45, 7) is 2.12. The number of aryl methyl sites for hydroxylation is 1. The molecule has 0 radical (unpaired) electrons. The van der Waals surface area contributed by atoms with Gasteiger partial charge in [-0.3, -0.25) is 4.79 Å². The third-order valence-corrected chi connectivity index (χ3v) is 4.70. The molecule has 1 aliphatic heterocycles. The molecule has 0 aromatic heterocycles. The van der Waals surface area contributed by atoms with Gasteiger partial charge in [-0.15, -0.1) is 0 Å². The molecule has 1 atom stereocenters. The van der Waals surface area contributed by atoms with Crippen LogP contribution in [0.2, 0.25) is 0 Å². The summed E-state index contributed by atoms with van der Waals surface area (Å²) in [6, 6.07) is 5.56. The molecule has 0 N–H and O–H groups in total. The summed E-state index contributed by atoms with van der Waals surface area (Å²) in [5.74, 6) is -1.62. The molecular weight excluding hydrogens is 347 g/mol. The number of alkyl halides is 3. The third kappa shape index (κ3) is 4.22. The van der Waals surface area contributed by atoms with Crippen molar-refractivity contribution in [3.63, 3.8) is 0 Å². The van der Waals surface area contributed by atoms with Crippen LogP contribution in [0, 0.1) is 12.8 Å². The summed E-state index contributed by atoms with van der Waals surface area (Å²) in [7, 11) is 0. The number of halogens is 4. The largest absolute Gasteiger partial charge is 0.393 e. The van der Waals surface area contributed by atoms with E-state index in [1.165, 1.54) is 4.90 Å². The Morgan fingerprint density at radius 2 is 2.14 bits per heavy atom. The van der Waals surface area contributed by atoms with Crippen LogP contribution in [0.25, 0.3) is 0 Å². The summed E-state index contributed by atoms with van der Waals surface area (Å²) < 4.78 is 39.2. The number of carbonyl (C=O) groups excluding carboxylic acids is 1. The number of piperidine rings is 1. The Balaban J connectivity index is 2.01. The van der Waals surface area contributed by atoms with Gasteiger partial charge in [0.15, 0.2) is 0 Å². The maximum Gasteiger partial charge on any atom is 0.393 e. The van der Waals surface area contributed by atoms with Crippen molar-refractivity contribution in [2.45, 2.75) is 32.4 Å². The molecule has 1 amide bonds. The Morgan fingerprint density at radius 1 is 1.43 bits per heavy atom. The first-order valence-electron chi connectivity index (χ1n) is 6.87. The fourth-order valence-corrected chi connectivity index (χ4v) is 2.82. The zero-order valence-corrected chi connectivity index (χ0v) is 13.3. The van der Waals surface area contributed by atoms with Gasteiger partial charge in [0.25, 0.3) is 0 Å². The van der Waals surface area contributed by atoms with Crippen molar-refractivity contribution in [2.75, 3.05) is 13.1 Å². The molecule has 6 heteroatoms. The lowest BCUT2D eigenvalue weighted by molar-refractivity contribution is -0.187. The first-order valence-corrected chi connectivity index (χ1v) is 7.66. The number of amides is 1. The predicted octanol–water partition coefficient (Wildman–Crippen LogP) is 4.10. The Bertz CT molecular complexity index is 530. The number of nitrogens with zero attached hydrogens (tertiary/aromatic N) is 1. The lowest BCUT2D eigenvalue weighted by Gasteiger charge is -2.33. The zero-order chi connectivity index (χ0) is 15.6. The molecule has 2 nitrogen and oxygen atoms in total. The van der Waals surface area contributed by atoms with Crippen LogP contribution in [0.15, 0.2) is 22.7 Å². The van der Waals surface area contributed by atoms with E-state index in [2.05, 4.69) is 15.9 Å². The van der Waals surface area contributed by atoms with Gasteiger partial charge in [0, 0.05) is 17.6 Å². The number of hydrogen-bond acceptors (Lipinski definition) is 1. The van der Waals surface area contributed by atoms with Crippen molar-refractivity contribution in [2.24, 2.45) is 5.92 Å². The molecule has 1 aromatic carbocycles. The maximum absolute atomic E-state index is 12.8. The summed E-state index contributed by atoms with van der Waals surface area (Å²) in [4.78, 5) is 13.5. The van der Waals surface area contributed by atoms with Gasteiger partial charge in [0.1, 0.15) is 0 Å². The van der Waals surface area contributed by atoms with Gasteiger partial charge >= 0.3 is 6.18 Å². The zero-order valence-electron chi connectivity index (χ0n) is 11.7. The minimum atomic E-state index is -4.22. The average molecular weight is 364 g/mol. The van der Waals surface area contributed by atoms with Gasteiger partial charge in [-0.2, -0.15) is 13.2 Å². The van der Waals surface area contributed by atoms with Gasteiger partial charge in [0.2, 0.25) is 5.91 Å². The quantitative estimate of drug-likeness (QED) is 0.774. The predicted molar refractivity (Wildman–Crippen MR) is 77.9 cm³/mol. The number of hydrogen-bond donors (Lipinski definition) is 0. The topological polar surface area (TPSA) is 20.3 Å². The molecule has 0 saturated carbocycles. The summed E-state index contributed by atoms with van der Waals surface area (Å²) in [6.07, 6.45) is -3.54. The molecule has 1 aliphatic rings. The van der Waals surface area contributed by atoms with Gasteiger partial charge in [0.05, 0.1) is 12.3 Å². The number of likely N-dealkylation sites (tertiary alicyclic amines) is 1. The van der Waals surface area contributed by atoms with E-state index in [9.17, 15) is 18.0 Å². The van der Waals surface area contributed by atoms with E-state index in [-0.39, 0.29) is 25.3 Å². The van der Waals surface area contributed by atoms with Crippen LogP contribution in [0.5, 0.6) is 0 Å². The van der Waals surface area contributed by atoms with Gasteiger partial charge < -0.3 is 4.90 Å². The second kappa shape index (κ2) is 6.38. The normalized spacial score (nSPS) is 19.7. The van der Waals surface area contributed by atoms with Crippen molar-refractivity contribution in [1.82, 2.24) is 4.90 Å². The highest BCUT2D eigenvalue weighted by Crippen LogP contribution is 2.33. The Morgan fingerprint density at radius 3 is 2.76 bits per heavy atom. The molecule has 1 saturated heterocycles. The Labute approximate surface area is 130 Å². The van der Waals surface area contributed by atoms with Crippen LogP contribution >= 0.6 is 15.9 Å². The van der Waals surface area contributed by atoms with E-state index in [4.69, 9.17) is 0 Å². The van der Waals surface area contributed by atoms with Crippen LogP contribution < -0.4 is 0 Å². The molecule has 116 valence electrons. The van der Waals surface area contributed by atoms with Crippen LogP contribution in [0.1, 0.15) is 24.0 Å². The third-order valence-electron chi connectivity index (χ3n) is 3.81. The molecule has 2 rings (SSSR count). The van der Waals surface area contributed by atoms with Crippen molar-refractivity contribution >= 4 is 21.8 Å². The van der Waals surface area contributed by atoms with Crippen LogP contribution in [0.3, 0.4) is 0 Å². The van der Waals surface area contributed by atoms with Crippen LogP contribution in [-0.4, -0.2) is 30.1 Å². The van der Waals surface area contributed by atoms with Crippen LogP contribution in [-0.2, 0) is 11.2 Å².